The van der Waals surface area contributed by atoms with Crippen LogP contribution in [0, 0.1) is 17.3 Å². The summed E-state index contributed by atoms with van der Waals surface area (Å²) in [6.07, 6.45) is 1.21. The van der Waals surface area contributed by atoms with Crippen LogP contribution in [0.2, 0.25) is 0 Å². The quantitative estimate of drug-likeness (QED) is 0.0605. The molecule has 4 fully saturated rings. The average molecular weight is 890 g/mol. The lowest BCUT2D eigenvalue weighted by Gasteiger charge is -2.64. The predicted octanol–water partition coefficient (Wildman–Crippen LogP) is -0.432. The number of hydrogen-bond donors (Lipinski definition) is 9. The van der Waals surface area contributed by atoms with Gasteiger partial charge in [-0.15, -0.1) is 0 Å². The first-order valence-corrected chi connectivity index (χ1v) is 21.8. The maximum Gasteiger partial charge on any atom is 0.497 e. The second kappa shape index (κ2) is 20.6. The van der Waals surface area contributed by atoms with E-state index in [0.717, 1.165) is 48.1 Å². The van der Waals surface area contributed by atoms with Crippen LogP contribution in [0.25, 0.3) is 11.1 Å². The molecule has 2 bridgehead atoms. The van der Waals surface area contributed by atoms with E-state index >= 15 is 0 Å². The molecule has 10 atom stereocenters. The second-order valence-electron chi connectivity index (χ2n) is 18.1. The summed E-state index contributed by atoms with van der Waals surface area (Å²) in [5, 5.41) is 22.6. The van der Waals surface area contributed by atoms with E-state index in [1.807, 2.05) is 19.1 Å². The Hall–Kier alpha value is -5.41. The zero-order valence-electron chi connectivity index (χ0n) is 37.6. The number of primary amides is 1. The number of nitrogens with zero attached hydrogens (tertiary/aromatic N) is 1. The summed E-state index contributed by atoms with van der Waals surface area (Å²) < 4.78 is 12.5. The molecule has 0 aromatic heterocycles. The van der Waals surface area contributed by atoms with Crippen LogP contribution in [0.15, 0.2) is 48.5 Å². The first-order chi connectivity index (χ1) is 30.1. The number of nitrogens with one attached hydrogen (secondary N) is 5. The summed E-state index contributed by atoms with van der Waals surface area (Å²) in [6, 6.07) is 9.41. The van der Waals surface area contributed by atoms with Gasteiger partial charge in [0.15, 0.2) is 6.17 Å². The van der Waals surface area contributed by atoms with Gasteiger partial charge in [-0.3, -0.25) is 33.6 Å². The number of benzene rings is 2. The molecular formula is C44H64BN9O10. The molecular weight excluding hydrogens is 825 g/mol. The van der Waals surface area contributed by atoms with E-state index in [0.29, 0.717) is 5.92 Å². The molecule has 19 nitrogen and oxygen atoms in total. The van der Waals surface area contributed by atoms with Gasteiger partial charge in [-0.1, -0.05) is 63.6 Å². The van der Waals surface area contributed by atoms with E-state index in [1.54, 1.807) is 24.3 Å². The van der Waals surface area contributed by atoms with Crippen LogP contribution >= 0.6 is 0 Å². The fraction of sp³-hybridized carbons (Fsp3) is 0.568. The minimum atomic E-state index is -1.55. The number of rotatable bonds is 20. The van der Waals surface area contributed by atoms with Crippen molar-refractivity contribution in [3.63, 3.8) is 0 Å². The van der Waals surface area contributed by atoms with Crippen molar-refractivity contribution in [1.29, 1.82) is 0 Å². The smallest absolute Gasteiger partial charge is 0.403 e. The molecule has 348 valence electrons. The fourth-order valence-corrected chi connectivity index (χ4v) is 9.08. The van der Waals surface area contributed by atoms with E-state index < -0.39 is 103 Å². The van der Waals surface area contributed by atoms with E-state index in [1.165, 1.54) is 26.5 Å². The number of unbranched alkanes of at least 4 members (excludes halogenated alkanes) is 1. The van der Waals surface area contributed by atoms with Gasteiger partial charge in [-0.25, -0.2) is 0 Å². The molecule has 2 unspecified atom stereocenters. The highest BCUT2D eigenvalue weighted by Gasteiger charge is 2.68. The van der Waals surface area contributed by atoms with E-state index in [4.69, 9.17) is 26.5 Å². The number of carbonyl (C=O) groups excluding carboxylic acids is 7. The molecule has 64 heavy (non-hydrogen) atoms. The minimum absolute atomic E-state index is 0.0747. The van der Waals surface area contributed by atoms with Crippen molar-refractivity contribution in [2.45, 2.75) is 128 Å². The summed E-state index contributed by atoms with van der Waals surface area (Å²) in [7, 11) is 0.217. The van der Waals surface area contributed by atoms with E-state index in [-0.39, 0.29) is 23.0 Å². The molecule has 2 aromatic rings. The number of aliphatic hydroxyl groups is 1. The third-order valence-corrected chi connectivity index (χ3v) is 13.1. The number of amides is 7. The normalized spacial score (nSPS) is 23.3. The highest BCUT2D eigenvalue weighted by atomic mass is 16.7. The summed E-state index contributed by atoms with van der Waals surface area (Å²) >= 11 is 0. The number of hydrogen-bond acceptors (Lipinski definition) is 12. The summed E-state index contributed by atoms with van der Waals surface area (Å²) in [5.74, 6) is -5.23. The van der Waals surface area contributed by atoms with Gasteiger partial charge in [-0.05, 0) is 92.5 Å². The molecule has 3 saturated carbocycles. The van der Waals surface area contributed by atoms with Crippen molar-refractivity contribution >= 4 is 48.5 Å². The van der Waals surface area contributed by atoms with Crippen LogP contribution in [-0.4, -0.2) is 120 Å². The molecule has 1 heterocycles. The Labute approximate surface area is 374 Å². The fourth-order valence-electron chi connectivity index (χ4n) is 9.08. The lowest BCUT2D eigenvalue weighted by molar-refractivity contribution is -0.199. The van der Waals surface area contributed by atoms with Gasteiger partial charge in [0.2, 0.25) is 29.5 Å². The van der Waals surface area contributed by atoms with Gasteiger partial charge in [0.1, 0.15) is 24.2 Å². The Morgan fingerprint density at radius 2 is 1.48 bits per heavy atom. The Bertz CT molecular complexity index is 2050. The summed E-state index contributed by atoms with van der Waals surface area (Å²) in [5.41, 5.74) is 20.5. The first kappa shape index (κ1) is 49.6. The zero-order chi connectivity index (χ0) is 47.3. The monoisotopic (exact) mass is 889 g/mol. The summed E-state index contributed by atoms with van der Waals surface area (Å²) in [6.45, 7) is 10.4. The SMILES string of the molecule is CCCCc1ccc(-c2ccc(C(=O)N[C@H](N)C(=O)NCC(=O)N(C)[C@H](C(=O)N[C@@H](C)C(=O)N[C@@H](CC(N)=O)C(=O)N[C@@H](N)B3OC4C[C@@H]5C[C@@H](C5(C)C)[C@]4(C)O3)C(C)O)cc2)cc1. The molecule has 3 aliphatic carbocycles. The Kier molecular flexibility index (Phi) is 16.0. The van der Waals surface area contributed by atoms with Crippen molar-refractivity contribution in [2.24, 2.45) is 34.5 Å². The van der Waals surface area contributed by atoms with Crippen LogP contribution in [0.5, 0.6) is 0 Å². The minimum Gasteiger partial charge on any atom is -0.403 e. The maximum atomic E-state index is 13.4. The van der Waals surface area contributed by atoms with Gasteiger partial charge < -0.3 is 63.1 Å². The molecule has 4 aliphatic rings. The number of nitrogens with two attached hydrogens (primary N) is 3. The average Bonchev–Trinajstić information content (AvgIpc) is 3.61. The third kappa shape index (κ3) is 11.3. The molecule has 1 saturated heterocycles. The Morgan fingerprint density at radius 3 is 2.06 bits per heavy atom. The van der Waals surface area contributed by atoms with Crippen molar-refractivity contribution < 1.29 is 48.0 Å². The maximum absolute atomic E-state index is 13.4. The molecule has 20 heteroatoms. The lowest BCUT2D eigenvalue weighted by atomic mass is 9.43. The van der Waals surface area contributed by atoms with Crippen LogP contribution in [0.3, 0.4) is 0 Å². The third-order valence-electron chi connectivity index (χ3n) is 13.1. The topological polar surface area (TPSA) is 300 Å². The van der Waals surface area contributed by atoms with E-state index in [9.17, 15) is 38.7 Å². The van der Waals surface area contributed by atoms with Gasteiger partial charge in [-0.2, -0.15) is 0 Å². The molecule has 12 N–H and O–H groups in total. The highest BCUT2D eigenvalue weighted by Crippen LogP contribution is 2.65. The zero-order valence-corrected chi connectivity index (χ0v) is 37.6. The lowest BCUT2D eigenvalue weighted by Crippen LogP contribution is -2.65. The van der Waals surface area contributed by atoms with Crippen LogP contribution in [0.4, 0.5) is 0 Å². The highest BCUT2D eigenvalue weighted by molar-refractivity contribution is 6.47. The number of carbonyl (C=O) groups is 7. The molecule has 1 aliphatic heterocycles. The largest absolute Gasteiger partial charge is 0.497 e. The van der Waals surface area contributed by atoms with Crippen molar-refractivity contribution in [2.75, 3.05) is 13.6 Å². The van der Waals surface area contributed by atoms with Gasteiger partial charge in [0.25, 0.3) is 11.8 Å². The van der Waals surface area contributed by atoms with Crippen LogP contribution < -0.4 is 43.8 Å². The molecule has 0 spiro atoms. The Balaban J connectivity index is 1.08. The summed E-state index contributed by atoms with van der Waals surface area (Å²) in [4.78, 5) is 91.6. The first-order valence-electron chi connectivity index (χ1n) is 21.8. The van der Waals surface area contributed by atoms with Crippen molar-refractivity contribution in [1.82, 2.24) is 31.5 Å². The predicted molar refractivity (Wildman–Crippen MR) is 237 cm³/mol. The Morgan fingerprint density at radius 1 is 0.859 bits per heavy atom. The van der Waals surface area contributed by atoms with E-state index in [2.05, 4.69) is 59.5 Å². The molecule has 7 amide bonds. The number of likely N-dealkylation sites (N-methyl/N-ethyl adjacent to an activating group) is 1. The van der Waals surface area contributed by atoms with Gasteiger partial charge in [0.05, 0.1) is 30.8 Å². The van der Waals surface area contributed by atoms with Gasteiger partial charge >= 0.3 is 7.12 Å². The second-order valence-corrected chi connectivity index (χ2v) is 18.1. The molecule has 0 radical (unpaired) electrons. The van der Waals surface area contributed by atoms with Crippen molar-refractivity contribution in [3.8, 4) is 11.1 Å². The standard InChI is InChI=1S/C44H64BN9O10/c1-8-9-10-25-11-13-26(14-12-25)27-15-17-28(18-16-27)38(59)52-36(47)41(62)49-22-34(57)54(7)35(24(3)55)40(61)50-23(2)37(58)51-30(21-33(46)56)39(60)53-42(48)45-63-32-20-29-19-31(43(29,4)5)44(32,6)64-45/h11-18,23-24,29-32,35-36,42,55H,8-10,19-22,47-48H2,1-7H3,(H2,46,56)(H,49,62)(H,50,61)(H,51,58)(H,52,59)(H,53,60)/t23-,24?,29-,30-,31-,32?,35-,36-,42+,44-/m0/s1. The van der Waals surface area contributed by atoms with Gasteiger partial charge in [0, 0.05) is 12.6 Å². The number of aryl methyl sites for hydroxylation is 1. The van der Waals surface area contributed by atoms with Crippen LogP contribution in [0.1, 0.15) is 89.6 Å². The number of aliphatic hydroxyl groups excluding tert-OH is 1. The molecule has 6 rings (SSSR count). The molecule has 2 aromatic carbocycles. The van der Waals surface area contributed by atoms with Crippen LogP contribution in [-0.2, 0) is 44.5 Å². The van der Waals surface area contributed by atoms with Crippen molar-refractivity contribution in [3.05, 3.63) is 59.7 Å².